The summed E-state index contributed by atoms with van der Waals surface area (Å²) in [6, 6.07) is 7.81. The number of thioether (sulfide) groups is 1. The first-order chi connectivity index (χ1) is 8.04. The average molecular weight is 250 g/mol. The molecule has 0 bridgehead atoms. The van der Waals surface area contributed by atoms with Gasteiger partial charge in [0.25, 0.3) is 0 Å². The first-order valence-electron chi connectivity index (χ1n) is 5.78. The van der Waals surface area contributed by atoms with Crippen LogP contribution in [0.15, 0.2) is 29.2 Å². The number of hydrogen-bond donors (Lipinski definition) is 2. The summed E-state index contributed by atoms with van der Waals surface area (Å²) in [4.78, 5) is 13.2. The van der Waals surface area contributed by atoms with E-state index in [-0.39, 0.29) is 5.91 Å². The van der Waals surface area contributed by atoms with E-state index >= 15 is 0 Å². The molecule has 0 spiro atoms. The van der Waals surface area contributed by atoms with Crippen molar-refractivity contribution in [2.24, 2.45) is 11.7 Å². The lowest BCUT2D eigenvalue weighted by molar-refractivity contribution is -0.121. The Labute approximate surface area is 106 Å². The van der Waals surface area contributed by atoms with E-state index in [0.29, 0.717) is 5.92 Å². The van der Waals surface area contributed by atoms with Gasteiger partial charge in [0.15, 0.2) is 0 Å². The molecule has 4 heteroatoms. The van der Waals surface area contributed by atoms with E-state index in [9.17, 15) is 4.79 Å². The summed E-state index contributed by atoms with van der Waals surface area (Å²) in [5.41, 5.74) is 6.14. The second-order valence-corrected chi connectivity index (χ2v) is 5.62. The minimum absolute atomic E-state index is 0.0850. The van der Waals surface area contributed by atoms with E-state index in [1.54, 1.807) is 11.8 Å². The van der Waals surface area contributed by atoms with Gasteiger partial charge in [0.05, 0.1) is 5.54 Å². The maximum absolute atomic E-state index is 12.1. The molecule has 1 aliphatic rings. The Balaban J connectivity index is 2.07. The van der Waals surface area contributed by atoms with Gasteiger partial charge in [-0.05, 0) is 50.1 Å². The van der Waals surface area contributed by atoms with Crippen molar-refractivity contribution in [1.82, 2.24) is 0 Å². The van der Waals surface area contributed by atoms with Crippen LogP contribution in [0.1, 0.15) is 19.8 Å². The fourth-order valence-electron chi connectivity index (χ4n) is 1.83. The van der Waals surface area contributed by atoms with Crippen LogP contribution in [0.5, 0.6) is 0 Å². The molecule has 1 atom stereocenters. The summed E-state index contributed by atoms with van der Waals surface area (Å²) in [7, 11) is 0. The zero-order valence-electron chi connectivity index (χ0n) is 10.2. The second kappa shape index (κ2) is 4.70. The molecule has 3 N–H and O–H groups in total. The molecule has 3 nitrogen and oxygen atoms in total. The third-order valence-electron chi connectivity index (χ3n) is 3.24. The lowest BCUT2D eigenvalue weighted by atomic mass is 9.96. The fourth-order valence-corrected chi connectivity index (χ4v) is 2.29. The zero-order chi connectivity index (χ0) is 12.5. The van der Waals surface area contributed by atoms with Crippen molar-refractivity contribution in [3.63, 3.8) is 0 Å². The van der Waals surface area contributed by atoms with Crippen molar-refractivity contribution >= 4 is 23.4 Å². The number of rotatable bonds is 4. The highest BCUT2D eigenvalue weighted by molar-refractivity contribution is 7.98. The number of benzene rings is 1. The van der Waals surface area contributed by atoms with Gasteiger partial charge in [0, 0.05) is 10.6 Å². The van der Waals surface area contributed by atoms with E-state index in [0.717, 1.165) is 23.4 Å². The van der Waals surface area contributed by atoms with Crippen molar-refractivity contribution < 1.29 is 4.79 Å². The van der Waals surface area contributed by atoms with Gasteiger partial charge in [-0.2, -0.15) is 0 Å². The molecule has 0 aliphatic heterocycles. The number of carbonyl (C=O) groups excluding carboxylic acids is 1. The summed E-state index contributed by atoms with van der Waals surface area (Å²) in [5, 5.41) is 2.90. The van der Waals surface area contributed by atoms with Crippen molar-refractivity contribution in [3.05, 3.63) is 24.3 Å². The Morgan fingerprint density at radius 1 is 1.53 bits per heavy atom. The molecule has 1 aliphatic carbocycles. The Morgan fingerprint density at radius 2 is 2.24 bits per heavy atom. The molecule has 1 saturated carbocycles. The predicted octanol–water partition coefficient (Wildman–Crippen LogP) is 2.47. The maximum atomic E-state index is 12.1. The van der Waals surface area contributed by atoms with Gasteiger partial charge in [-0.15, -0.1) is 11.8 Å². The van der Waals surface area contributed by atoms with E-state index in [4.69, 9.17) is 5.73 Å². The van der Waals surface area contributed by atoms with Crippen LogP contribution < -0.4 is 11.1 Å². The topological polar surface area (TPSA) is 55.1 Å². The van der Waals surface area contributed by atoms with E-state index < -0.39 is 5.54 Å². The number of nitrogens with one attached hydrogen (secondary N) is 1. The molecule has 1 aromatic rings. The van der Waals surface area contributed by atoms with E-state index in [2.05, 4.69) is 5.32 Å². The van der Waals surface area contributed by atoms with Crippen LogP contribution in [0.2, 0.25) is 0 Å². The second-order valence-electron chi connectivity index (χ2n) is 4.74. The first kappa shape index (κ1) is 12.5. The molecule has 0 saturated heterocycles. The number of carbonyl (C=O) groups is 1. The van der Waals surface area contributed by atoms with Gasteiger partial charge >= 0.3 is 0 Å². The van der Waals surface area contributed by atoms with Crippen LogP contribution in [0.4, 0.5) is 5.69 Å². The SMILES string of the molecule is CSc1cccc(NC(=O)C(C)(N)C2CC2)c1. The number of hydrogen-bond acceptors (Lipinski definition) is 3. The predicted molar refractivity (Wildman–Crippen MR) is 72.2 cm³/mol. The Morgan fingerprint density at radius 3 is 2.82 bits per heavy atom. The number of amides is 1. The molecule has 0 heterocycles. The summed E-state index contributed by atoms with van der Waals surface area (Å²) >= 11 is 1.65. The molecule has 17 heavy (non-hydrogen) atoms. The van der Waals surface area contributed by atoms with Crippen molar-refractivity contribution in [3.8, 4) is 0 Å². The summed E-state index contributed by atoms with van der Waals surface area (Å²) in [5.74, 6) is 0.254. The molecular formula is C13H18N2OS. The standard InChI is InChI=1S/C13H18N2OS/c1-13(14,9-6-7-9)12(16)15-10-4-3-5-11(8-10)17-2/h3-5,8-9H,6-7,14H2,1-2H3,(H,15,16). The molecule has 1 fully saturated rings. The normalized spacial score (nSPS) is 18.5. The van der Waals surface area contributed by atoms with Crippen molar-refractivity contribution in [2.75, 3.05) is 11.6 Å². The Hall–Kier alpha value is -1.00. The largest absolute Gasteiger partial charge is 0.324 e. The van der Waals surface area contributed by atoms with Crippen LogP contribution in [-0.2, 0) is 4.79 Å². The molecule has 1 unspecified atom stereocenters. The summed E-state index contributed by atoms with van der Waals surface area (Å²) in [6.07, 6.45) is 4.13. The van der Waals surface area contributed by atoms with E-state index in [1.165, 1.54) is 0 Å². The number of anilines is 1. The summed E-state index contributed by atoms with van der Waals surface area (Å²) < 4.78 is 0. The van der Waals surface area contributed by atoms with Gasteiger partial charge in [-0.3, -0.25) is 4.79 Å². The van der Waals surface area contributed by atoms with Crippen LogP contribution >= 0.6 is 11.8 Å². The highest BCUT2D eigenvalue weighted by Gasteiger charge is 2.44. The average Bonchev–Trinajstić information content (AvgIpc) is 3.13. The van der Waals surface area contributed by atoms with Crippen LogP contribution in [0, 0.1) is 5.92 Å². The Bertz CT molecular complexity index is 427. The molecule has 0 radical (unpaired) electrons. The smallest absolute Gasteiger partial charge is 0.244 e. The van der Waals surface area contributed by atoms with Crippen LogP contribution in [0.25, 0.3) is 0 Å². The quantitative estimate of drug-likeness (QED) is 0.807. The lowest BCUT2D eigenvalue weighted by Gasteiger charge is -2.23. The van der Waals surface area contributed by atoms with Crippen LogP contribution in [-0.4, -0.2) is 17.7 Å². The molecule has 1 amide bonds. The highest BCUT2D eigenvalue weighted by Crippen LogP contribution is 2.38. The third kappa shape index (κ3) is 2.82. The molecule has 2 rings (SSSR count). The minimum Gasteiger partial charge on any atom is -0.324 e. The Kier molecular flexibility index (Phi) is 3.45. The van der Waals surface area contributed by atoms with Crippen molar-refractivity contribution in [1.29, 1.82) is 0 Å². The highest BCUT2D eigenvalue weighted by atomic mass is 32.2. The van der Waals surface area contributed by atoms with Gasteiger partial charge in [-0.25, -0.2) is 0 Å². The minimum atomic E-state index is -0.741. The lowest BCUT2D eigenvalue weighted by Crippen LogP contribution is -2.50. The third-order valence-corrected chi connectivity index (χ3v) is 3.97. The fraction of sp³-hybridized carbons (Fsp3) is 0.462. The summed E-state index contributed by atoms with van der Waals surface area (Å²) in [6.45, 7) is 1.82. The van der Waals surface area contributed by atoms with Gasteiger partial charge in [0.1, 0.15) is 0 Å². The molecule has 0 aromatic heterocycles. The maximum Gasteiger partial charge on any atom is 0.244 e. The van der Waals surface area contributed by atoms with Crippen molar-refractivity contribution in [2.45, 2.75) is 30.2 Å². The van der Waals surface area contributed by atoms with E-state index in [1.807, 2.05) is 37.4 Å². The molecular weight excluding hydrogens is 232 g/mol. The van der Waals surface area contributed by atoms with Gasteiger partial charge in [0.2, 0.25) is 5.91 Å². The monoisotopic (exact) mass is 250 g/mol. The zero-order valence-corrected chi connectivity index (χ0v) is 11.0. The molecule has 92 valence electrons. The van der Waals surface area contributed by atoms with Crippen LogP contribution in [0.3, 0.4) is 0 Å². The molecule has 1 aromatic carbocycles. The van der Waals surface area contributed by atoms with Gasteiger partial charge < -0.3 is 11.1 Å². The van der Waals surface area contributed by atoms with Gasteiger partial charge in [-0.1, -0.05) is 6.07 Å². The number of nitrogens with two attached hydrogens (primary N) is 1. The first-order valence-corrected chi connectivity index (χ1v) is 7.01.